The van der Waals surface area contributed by atoms with Gasteiger partial charge < -0.3 is 9.64 Å². The Bertz CT molecular complexity index is 314. The maximum Gasteiger partial charge on any atom is 0.173 e. The first-order valence-corrected chi connectivity index (χ1v) is 6.15. The second-order valence-corrected chi connectivity index (χ2v) is 5.30. The Labute approximate surface area is 78.1 Å². The summed E-state index contributed by atoms with van der Waals surface area (Å²) in [6, 6.07) is 0. The van der Waals surface area contributed by atoms with E-state index in [1.807, 2.05) is 0 Å². The Hall–Kier alpha value is -0.550. The van der Waals surface area contributed by atoms with E-state index in [0.717, 1.165) is 18.8 Å². The van der Waals surface area contributed by atoms with Gasteiger partial charge in [0.25, 0.3) is 0 Å². The van der Waals surface area contributed by atoms with Gasteiger partial charge >= 0.3 is 0 Å². The fourth-order valence-electron chi connectivity index (χ4n) is 1.66. The summed E-state index contributed by atoms with van der Waals surface area (Å²) in [5.74, 6) is 0.277. The van der Waals surface area contributed by atoms with Gasteiger partial charge in [0.1, 0.15) is 0 Å². The van der Waals surface area contributed by atoms with Crippen LogP contribution in [0.25, 0.3) is 0 Å². The number of allylic oxidation sites excluding steroid dienone is 1. The number of hydrogen-bond donors (Lipinski definition) is 0. The van der Waals surface area contributed by atoms with Crippen LogP contribution in [0.4, 0.5) is 0 Å². The number of ether oxygens (including phenoxy) is 1. The molecule has 4 nitrogen and oxygen atoms in total. The van der Waals surface area contributed by atoms with E-state index < -0.39 is 9.84 Å². The minimum Gasteiger partial charge on any atom is -0.378 e. The number of sulfone groups is 1. The van der Waals surface area contributed by atoms with Crippen LogP contribution in [-0.4, -0.2) is 45.4 Å². The molecule has 2 aliphatic rings. The zero-order valence-electron chi connectivity index (χ0n) is 7.40. The van der Waals surface area contributed by atoms with Crippen molar-refractivity contribution in [3.05, 3.63) is 11.1 Å². The lowest BCUT2D eigenvalue weighted by Gasteiger charge is -2.29. The van der Waals surface area contributed by atoms with E-state index in [0.29, 0.717) is 19.6 Å². The van der Waals surface area contributed by atoms with E-state index in [2.05, 4.69) is 4.90 Å². The van der Waals surface area contributed by atoms with E-state index in [1.54, 1.807) is 0 Å². The van der Waals surface area contributed by atoms with Gasteiger partial charge in [-0.1, -0.05) is 0 Å². The van der Waals surface area contributed by atoms with Gasteiger partial charge in [-0.25, -0.2) is 8.42 Å². The van der Waals surface area contributed by atoms with Crippen molar-refractivity contribution in [3.63, 3.8) is 0 Å². The third-order valence-corrected chi connectivity index (χ3v) is 3.78. The molecule has 0 spiro atoms. The molecule has 0 atom stereocenters. The van der Waals surface area contributed by atoms with Gasteiger partial charge in [0.15, 0.2) is 9.84 Å². The number of rotatable bonds is 1. The fraction of sp³-hybridized carbons (Fsp3) is 0.750. The molecular formula is C8H13NO3S. The second-order valence-electron chi connectivity index (χ2n) is 3.33. The van der Waals surface area contributed by atoms with Gasteiger partial charge in [0.05, 0.1) is 19.0 Å². The van der Waals surface area contributed by atoms with Gasteiger partial charge in [-0.2, -0.15) is 0 Å². The van der Waals surface area contributed by atoms with Crippen LogP contribution in [0, 0.1) is 0 Å². The monoisotopic (exact) mass is 203 g/mol. The SMILES string of the molecule is O=S1(=O)C=C(N2CCOCC2)CC1. The Morgan fingerprint density at radius 3 is 2.54 bits per heavy atom. The lowest BCUT2D eigenvalue weighted by Crippen LogP contribution is -2.35. The molecular weight excluding hydrogens is 190 g/mol. The Kier molecular flexibility index (Phi) is 2.29. The van der Waals surface area contributed by atoms with Crippen molar-refractivity contribution in [2.24, 2.45) is 0 Å². The van der Waals surface area contributed by atoms with Crippen molar-refractivity contribution in [2.45, 2.75) is 6.42 Å². The molecule has 0 aromatic heterocycles. The highest BCUT2D eigenvalue weighted by Crippen LogP contribution is 2.20. The van der Waals surface area contributed by atoms with Crippen LogP contribution in [0.1, 0.15) is 6.42 Å². The lowest BCUT2D eigenvalue weighted by atomic mass is 10.3. The van der Waals surface area contributed by atoms with Crippen LogP contribution < -0.4 is 0 Å². The van der Waals surface area contributed by atoms with Crippen molar-refractivity contribution in [1.29, 1.82) is 0 Å². The fourth-order valence-corrected chi connectivity index (χ4v) is 2.95. The number of nitrogens with zero attached hydrogens (tertiary/aromatic N) is 1. The quantitative estimate of drug-likeness (QED) is 0.601. The van der Waals surface area contributed by atoms with Crippen LogP contribution in [0.2, 0.25) is 0 Å². The molecule has 0 amide bonds. The predicted molar refractivity (Wildman–Crippen MR) is 48.9 cm³/mol. The summed E-state index contributed by atoms with van der Waals surface area (Å²) < 4.78 is 27.5. The summed E-state index contributed by atoms with van der Waals surface area (Å²) in [6.07, 6.45) is 0.669. The molecule has 0 aromatic rings. The van der Waals surface area contributed by atoms with Crippen molar-refractivity contribution < 1.29 is 13.2 Å². The molecule has 0 bridgehead atoms. The highest BCUT2D eigenvalue weighted by molar-refractivity contribution is 7.94. The van der Waals surface area contributed by atoms with Crippen molar-refractivity contribution >= 4 is 9.84 Å². The molecule has 2 heterocycles. The molecule has 0 aromatic carbocycles. The first kappa shape index (κ1) is 9.02. The molecule has 0 saturated carbocycles. The van der Waals surface area contributed by atoms with Gasteiger partial charge in [-0.3, -0.25) is 0 Å². The minimum absolute atomic E-state index is 0.277. The molecule has 2 rings (SSSR count). The predicted octanol–water partition coefficient (Wildman–Crippen LogP) is -0.0215. The van der Waals surface area contributed by atoms with Crippen LogP contribution in [0.5, 0.6) is 0 Å². The van der Waals surface area contributed by atoms with E-state index in [-0.39, 0.29) is 5.75 Å². The molecule has 0 aliphatic carbocycles. The maximum atomic E-state index is 11.1. The maximum absolute atomic E-state index is 11.1. The van der Waals surface area contributed by atoms with Crippen molar-refractivity contribution in [1.82, 2.24) is 4.90 Å². The molecule has 1 fully saturated rings. The zero-order chi connectivity index (χ0) is 9.31. The summed E-state index contributed by atoms with van der Waals surface area (Å²) in [5.41, 5.74) is 0.961. The molecule has 0 N–H and O–H groups in total. The molecule has 0 unspecified atom stereocenters. The topological polar surface area (TPSA) is 46.6 Å². The third kappa shape index (κ3) is 2.03. The zero-order valence-corrected chi connectivity index (χ0v) is 8.22. The van der Waals surface area contributed by atoms with E-state index in [4.69, 9.17) is 4.74 Å². The minimum atomic E-state index is -2.89. The first-order chi connectivity index (χ1) is 6.17. The summed E-state index contributed by atoms with van der Waals surface area (Å²) in [6.45, 7) is 3.05. The Balaban J connectivity index is 2.09. The summed E-state index contributed by atoms with van der Waals surface area (Å²) >= 11 is 0. The van der Waals surface area contributed by atoms with Crippen LogP contribution >= 0.6 is 0 Å². The van der Waals surface area contributed by atoms with Crippen molar-refractivity contribution in [2.75, 3.05) is 32.1 Å². The highest BCUT2D eigenvalue weighted by atomic mass is 32.2. The summed E-state index contributed by atoms with van der Waals surface area (Å²) in [4.78, 5) is 2.11. The molecule has 13 heavy (non-hydrogen) atoms. The Morgan fingerprint density at radius 2 is 2.00 bits per heavy atom. The first-order valence-electron chi connectivity index (χ1n) is 4.43. The van der Waals surface area contributed by atoms with Crippen LogP contribution in [0.3, 0.4) is 0 Å². The molecule has 2 aliphatic heterocycles. The number of morpholine rings is 1. The van der Waals surface area contributed by atoms with E-state index in [9.17, 15) is 8.42 Å². The third-order valence-electron chi connectivity index (χ3n) is 2.38. The van der Waals surface area contributed by atoms with Crippen LogP contribution in [-0.2, 0) is 14.6 Å². The van der Waals surface area contributed by atoms with Gasteiger partial charge in [0, 0.05) is 30.6 Å². The highest BCUT2D eigenvalue weighted by Gasteiger charge is 2.23. The molecule has 1 saturated heterocycles. The molecule has 74 valence electrons. The smallest absolute Gasteiger partial charge is 0.173 e. The second kappa shape index (κ2) is 3.31. The average molecular weight is 203 g/mol. The summed E-state index contributed by atoms with van der Waals surface area (Å²) in [7, 11) is -2.89. The average Bonchev–Trinajstić information content (AvgIpc) is 2.48. The molecule has 5 heteroatoms. The largest absolute Gasteiger partial charge is 0.378 e. The standard InChI is InChI=1S/C8H13NO3S/c10-13(11)6-1-8(7-13)9-2-4-12-5-3-9/h7H,1-6H2. The summed E-state index contributed by atoms with van der Waals surface area (Å²) in [5, 5.41) is 1.42. The number of hydrogen-bond acceptors (Lipinski definition) is 4. The van der Waals surface area contributed by atoms with E-state index in [1.165, 1.54) is 5.41 Å². The van der Waals surface area contributed by atoms with Gasteiger partial charge in [-0.15, -0.1) is 0 Å². The van der Waals surface area contributed by atoms with Crippen LogP contribution in [0.15, 0.2) is 11.1 Å². The van der Waals surface area contributed by atoms with Crippen molar-refractivity contribution in [3.8, 4) is 0 Å². The normalized spacial score (nSPS) is 27.4. The molecule has 0 radical (unpaired) electrons. The van der Waals surface area contributed by atoms with Gasteiger partial charge in [0.2, 0.25) is 0 Å². The lowest BCUT2D eigenvalue weighted by molar-refractivity contribution is 0.0528. The Morgan fingerprint density at radius 1 is 1.31 bits per heavy atom. The van der Waals surface area contributed by atoms with E-state index >= 15 is 0 Å². The van der Waals surface area contributed by atoms with Gasteiger partial charge in [-0.05, 0) is 0 Å².